The van der Waals surface area contributed by atoms with E-state index in [-0.39, 0.29) is 29.0 Å². The summed E-state index contributed by atoms with van der Waals surface area (Å²) in [5.74, 6) is -2.49. The van der Waals surface area contributed by atoms with E-state index in [0.717, 1.165) is 18.2 Å². The first kappa shape index (κ1) is 20.8. The summed E-state index contributed by atoms with van der Waals surface area (Å²) in [5.41, 5.74) is -0.000192. The molecule has 1 N–H and O–H groups in total. The van der Waals surface area contributed by atoms with E-state index in [9.17, 15) is 18.7 Å². The van der Waals surface area contributed by atoms with Crippen LogP contribution >= 0.6 is 15.9 Å². The lowest BCUT2D eigenvalue weighted by Gasteiger charge is -2.16. The van der Waals surface area contributed by atoms with E-state index in [1.54, 1.807) is 4.57 Å². The SMILES string of the molecule is Cc1c(F)ccc(F)c1-c1c(C(=O)O)cn(COCC[Si](C)(C)C)c1Br. The van der Waals surface area contributed by atoms with Gasteiger partial charge in [0.1, 0.15) is 18.4 Å². The van der Waals surface area contributed by atoms with Gasteiger partial charge in [0, 0.05) is 32.0 Å². The van der Waals surface area contributed by atoms with Crippen molar-refractivity contribution in [3.05, 3.63) is 45.7 Å². The summed E-state index contributed by atoms with van der Waals surface area (Å²) < 4.78 is 35.8. The number of hydrogen-bond acceptors (Lipinski definition) is 2. The molecule has 1 heterocycles. The second kappa shape index (κ2) is 8.02. The van der Waals surface area contributed by atoms with Crippen LogP contribution in [-0.2, 0) is 11.5 Å². The molecule has 0 atom stereocenters. The van der Waals surface area contributed by atoms with Gasteiger partial charge in [-0.15, -0.1) is 0 Å². The molecule has 0 spiro atoms. The van der Waals surface area contributed by atoms with Crippen LogP contribution in [0.5, 0.6) is 0 Å². The van der Waals surface area contributed by atoms with Crippen molar-refractivity contribution in [1.82, 2.24) is 4.57 Å². The maximum absolute atomic E-state index is 14.4. The van der Waals surface area contributed by atoms with Gasteiger partial charge in [0.25, 0.3) is 0 Å². The number of rotatable bonds is 7. The third-order valence-electron chi connectivity index (χ3n) is 4.07. The first-order valence-electron chi connectivity index (χ1n) is 8.17. The van der Waals surface area contributed by atoms with Gasteiger partial charge < -0.3 is 14.4 Å². The number of ether oxygens (including phenoxy) is 1. The fraction of sp³-hybridized carbons (Fsp3) is 0.389. The third kappa shape index (κ3) is 4.60. The molecule has 0 aliphatic carbocycles. The summed E-state index contributed by atoms with van der Waals surface area (Å²) in [4.78, 5) is 11.6. The summed E-state index contributed by atoms with van der Waals surface area (Å²) in [6.45, 7) is 8.81. The average molecular weight is 446 g/mol. The van der Waals surface area contributed by atoms with Crippen LogP contribution in [-0.4, -0.2) is 30.3 Å². The molecule has 142 valence electrons. The van der Waals surface area contributed by atoms with E-state index in [0.29, 0.717) is 11.2 Å². The highest BCUT2D eigenvalue weighted by Crippen LogP contribution is 2.38. The van der Waals surface area contributed by atoms with E-state index >= 15 is 0 Å². The van der Waals surface area contributed by atoms with Gasteiger partial charge >= 0.3 is 5.97 Å². The van der Waals surface area contributed by atoms with Crippen molar-refractivity contribution in [2.45, 2.75) is 39.3 Å². The second-order valence-electron chi connectivity index (χ2n) is 7.36. The number of halogens is 3. The second-order valence-corrected chi connectivity index (χ2v) is 13.7. The van der Waals surface area contributed by atoms with Gasteiger partial charge in [-0.1, -0.05) is 19.6 Å². The molecular formula is C18H22BrF2NO3Si. The minimum Gasteiger partial charge on any atom is -0.478 e. The van der Waals surface area contributed by atoms with Gasteiger partial charge in [-0.05, 0) is 46.6 Å². The zero-order chi connectivity index (χ0) is 19.6. The fourth-order valence-corrected chi connectivity index (χ4v) is 3.90. The summed E-state index contributed by atoms with van der Waals surface area (Å²) in [5, 5.41) is 9.51. The smallest absolute Gasteiger partial charge is 0.337 e. The van der Waals surface area contributed by atoms with Gasteiger partial charge in [-0.3, -0.25) is 0 Å². The van der Waals surface area contributed by atoms with Crippen molar-refractivity contribution < 1.29 is 23.4 Å². The number of carboxylic acid groups (broad SMARTS) is 1. The number of carboxylic acids is 1. The lowest BCUT2D eigenvalue weighted by Crippen LogP contribution is -2.22. The molecule has 0 unspecified atom stereocenters. The van der Waals surface area contributed by atoms with Crippen LogP contribution in [0.2, 0.25) is 25.7 Å². The van der Waals surface area contributed by atoms with E-state index in [1.807, 2.05) is 0 Å². The molecule has 26 heavy (non-hydrogen) atoms. The minimum atomic E-state index is -1.24. The number of nitrogens with zero attached hydrogens (tertiary/aromatic N) is 1. The van der Waals surface area contributed by atoms with Crippen molar-refractivity contribution in [2.75, 3.05) is 6.61 Å². The molecule has 0 radical (unpaired) electrons. The number of aromatic nitrogens is 1. The molecule has 4 nitrogen and oxygen atoms in total. The zero-order valence-electron chi connectivity index (χ0n) is 15.2. The van der Waals surface area contributed by atoms with E-state index < -0.39 is 25.7 Å². The maximum atomic E-state index is 14.4. The Balaban J connectivity index is 2.41. The lowest BCUT2D eigenvalue weighted by atomic mass is 9.98. The lowest BCUT2D eigenvalue weighted by molar-refractivity contribution is 0.0695. The van der Waals surface area contributed by atoms with Crippen LogP contribution in [0.15, 0.2) is 22.9 Å². The van der Waals surface area contributed by atoms with Gasteiger partial charge in [0.2, 0.25) is 0 Å². The van der Waals surface area contributed by atoms with Crippen molar-refractivity contribution >= 4 is 30.0 Å². The van der Waals surface area contributed by atoms with Gasteiger partial charge in [0.05, 0.1) is 10.2 Å². The zero-order valence-corrected chi connectivity index (χ0v) is 17.8. The normalized spacial score (nSPS) is 11.8. The summed E-state index contributed by atoms with van der Waals surface area (Å²) in [7, 11) is -1.24. The van der Waals surface area contributed by atoms with Gasteiger partial charge in [-0.2, -0.15) is 0 Å². The highest BCUT2D eigenvalue weighted by molar-refractivity contribution is 9.10. The molecule has 0 fully saturated rings. The van der Waals surface area contributed by atoms with Crippen molar-refractivity contribution in [3.8, 4) is 11.1 Å². The molecule has 0 saturated heterocycles. The van der Waals surface area contributed by atoms with Crippen molar-refractivity contribution in [2.24, 2.45) is 0 Å². The fourth-order valence-electron chi connectivity index (χ4n) is 2.53. The number of aromatic carboxylic acids is 1. The molecular weight excluding hydrogens is 424 g/mol. The first-order valence-corrected chi connectivity index (χ1v) is 12.7. The number of carbonyl (C=O) groups is 1. The predicted octanol–water partition coefficient (Wildman–Crippen LogP) is 5.51. The monoisotopic (exact) mass is 445 g/mol. The third-order valence-corrected chi connectivity index (χ3v) is 6.62. The van der Waals surface area contributed by atoms with Crippen LogP contribution in [0.4, 0.5) is 8.78 Å². The predicted molar refractivity (Wildman–Crippen MR) is 103 cm³/mol. The first-order chi connectivity index (χ1) is 12.0. The standard InChI is InChI=1S/C18H22BrF2NO3Si/c1-11-13(20)5-6-14(21)15(11)16-12(18(23)24)9-22(17(16)19)10-25-7-8-26(2,3)4/h5-6,9H,7-8,10H2,1-4H3,(H,23,24). The van der Waals surface area contributed by atoms with Crippen molar-refractivity contribution in [1.29, 1.82) is 0 Å². The summed E-state index contributed by atoms with van der Waals surface area (Å²) >= 11 is 3.33. The van der Waals surface area contributed by atoms with E-state index in [4.69, 9.17) is 4.74 Å². The molecule has 1 aromatic heterocycles. The molecule has 0 saturated carbocycles. The Bertz CT molecular complexity index is 831. The maximum Gasteiger partial charge on any atom is 0.337 e. The molecule has 0 amide bonds. The number of hydrogen-bond donors (Lipinski definition) is 1. The highest BCUT2D eigenvalue weighted by atomic mass is 79.9. The van der Waals surface area contributed by atoms with Gasteiger partial charge in [0.15, 0.2) is 0 Å². The molecule has 0 bridgehead atoms. The van der Waals surface area contributed by atoms with Crippen LogP contribution in [0, 0.1) is 18.6 Å². The molecule has 1 aromatic carbocycles. The Labute approximate surface area is 160 Å². The Morgan fingerprint density at radius 2 is 1.85 bits per heavy atom. The van der Waals surface area contributed by atoms with Crippen LogP contribution < -0.4 is 0 Å². The largest absolute Gasteiger partial charge is 0.478 e. The number of benzene rings is 1. The quantitative estimate of drug-likeness (QED) is 0.451. The van der Waals surface area contributed by atoms with Crippen LogP contribution in [0.3, 0.4) is 0 Å². The van der Waals surface area contributed by atoms with E-state index in [1.165, 1.54) is 13.1 Å². The van der Waals surface area contributed by atoms with E-state index in [2.05, 4.69) is 35.6 Å². The summed E-state index contributed by atoms with van der Waals surface area (Å²) in [6.07, 6.45) is 1.38. The Kier molecular flexibility index (Phi) is 6.41. The van der Waals surface area contributed by atoms with Gasteiger partial charge in [-0.25, -0.2) is 13.6 Å². The molecule has 8 heteroatoms. The van der Waals surface area contributed by atoms with Crippen molar-refractivity contribution in [3.63, 3.8) is 0 Å². The topological polar surface area (TPSA) is 51.5 Å². The molecule has 0 aliphatic rings. The van der Waals surface area contributed by atoms with Crippen LogP contribution in [0.25, 0.3) is 11.1 Å². The highest BCUT2D eigenvalue weighted by Gasteiger charge is 2.25. The average Bonchev–Trinajstić information content (AvgIpc) is 2.85. The Hall–Kier alpha value is -1.51. The minimum absolute atomic E-state index is 0.0601. The molecule has 2 rings (SSSR count). The molecule has 2 aromatic rings. The van der Waals surface area contributed by atoms with Crippen LogP contribution in [0.1, 0.15) is 15.9 Å². The molecule has 0 aliphatic heterocycles. The Morgan fingerprint density at radius 3 is 2.42 bits per heavy atom. The Morgan fingerprint density at radius 1 is 1.23 bits per heavy atom. The summed E-state index contributed by atoms with van der Waals surface area (Å²) in [6, 6.07) is 3.00.